The SMILES string of the molecule is CCCC1(CO)CCCN(C(=O)c2cccc(-c3cccs3)c2)C1. The van der Waals surface area contributed by atoms with Crippen LogP contribution in [0.15, 0.2) is 41.8 Å². The quantitative estimate of drug-likeness (QED) is 0.872. The van der Waals surface area contributed by atoms with Gasteiger partial charge in [0, 0.05) is 28.9 Å². The summed E-state index contributed by atoms with van der Waals surface area (Å²) in [7, 11) is 0. The number of likely N-dealkylation sites (tertiary alicyclic amines) is 1. The molecule has 0 radical (unpaired) electrons. The van der Waals surface area contributed by atoms with Crippen LogP contribution in [0.1, 0.15) is 43.0 Å². The van der Waals surface area contributed by atoms with E-state index in [9.17, 15) is 9.90 Å². The van der Waals surface area contributed by atoms with Crippen molar-refractivity contribution in [3.8, 4) is 10.4 Å². The largest absolute Gasteiger partial charge is 0.396 e. The maximum absolute atomic E-state index is 13.0. The molecule has 1 aliphatic rings. The number of benzene rings is 1. The van der Waals surface area contributed by atoms with Crippen molar-refractivity contribution in [1.82, 2.24) is 4.90 Å². The third-order valence-corrected chi connectivity index (χ3v) is 5.90. The van der Waals surface area contributed by atoms with Gasteiger partial charge in [-0.05, 0) is 48.4 Å². The van der Waals surface area contributed by atoms with Gasteiger partial charge in [-0.25, -0.2) is 0 Å². The summed E-state index contributed by atoms with van der Waals surface area (Å²) in [4.78, 5) is 16.1. The van der Waals surface area contributed by atoms with Gasteiger partial charge >= 0.3 is 0 Å². The van der Waals surface area contributed by atoms with Gasteiger partial charge in [-0.2, -0.15) is 0 Å². The number of nitrogens with zero attached hydrogens (tertiary/aromatic N) is 1. The van der Waals surface area contributed by atoms with Gasteiger partial charge in [0.25, 0.3) is 5.91 Å². The molecule has 24 heavy (non-hydrogen) atoms. The molecule has 2 heterocycles. The lowest BCUT2D eigenvalue weighted by Crippen LogP contribution is -2.47. The minimum absolute atomic E-state index is 0.0852. The van der Waals surface area contributed by atoms with E-state index in [4.69, 9.17) is 0 Å². The van der Waals surface area contributed by atoms with Crippen LogP contribution in [-0.4, -0.2) is 35.6 Å². The first-order valence-electron chi connectivity index (χ1n) is 8.71. The van der Waals surface area contributed by atoms with E-state index >= 15 is 0 Å². The van der Waals surface area contributed by atoms with Gasteiger partial charge < -0.3 is 10.0 Å². The lowest BCUT2D eigenvalue weighted by Gasteiger charge is -2.42. The summed E-state index contributed by atoms with van der Waals surface area (Å²) in [5, 5.41) is 11.9. The summed E-state index contributed by atoms with van der Waals surface area (Å²) in [6, 6.07) is 12.0. The van der Waals surface area contributed by atoms with Crippen LogP contribution in [0, 0.1) is 5.41 Å². The zero-order chi connectivity index (χ0) is 17.0. The van der Waals surface area contributed by atoms with Gasteiger partial charge in [-0.3, -0.25) is 4.79 Å². The third kappa shape index (κ3) is 3.55. The highest BCUT2D eigenvalue weighted by Crippen LogP contribution is 2.35. The van der Waals surface area contributed by atoms with E-state index in [0.717, 1.165) is 43.4 Å². The van der Waals surface area contributed by atoms with Gasteiger partial charge in [0.2, 0.25) is 0 Å². The standard InChI is InChI=1S/C20H25NO2S/c1-2-9-20(15-22)10-5-11-21(14-20)19(23)17-7-3-6-16(13-17)18-8-4-12-24-18/h3-4,6-8,12-13,22H,2,5,9-11,14-15H2,1H3. The molecule has 4 heteroatoms. The molecule has 1 aromatic carbocycles. The van der Waals surface area contributed by atoms with Crippen molar-refractivity contribution in [3.05, 3.63) is 47.3 Å². The number of rotatable bonds is 5. The molecule has 1 amide bonds. The molecule has 1 saturated heterocycles. The normalized spacial score (nSPS) is 21.0. The molecule has 1 atom stereocenters. The molecule has 128 valence electrons. The monoisotopic (exact) mass is 343 g/mol. The number of aliphatic hydroxyl groups is 1. The second kappa shape index (κ2) is 7.49. The fraction of sp³-hybridized carbons (Fsp3) is 0.450. The molecular formula is C20H25NO2S. The first-order chi connectivity index (χ1) is 11.7. The second-order valence-electron chi connectivity index (χ2n) is 6.80. The summed E-state index contributed by atoms with van der Waals surface area (Å²) in [5.41, 5.74) is 1.72. The van der Waals surface area contributed by atoms with E-state index in [2.05, 4.69) is 18.4 Å². The predicted molar refractivity (Wildman–Crippen MR) is 99.3 cm³/mol. The van der Waals surface area contributed by atoms with Crippen LogP contribution in [0.2, 0.25) is 0 Å². The highest BCUT2D eigenvalue weighted by Gasteiger charge is 2.36. The fourth-order valence-corrected chi connectivity index (χ4v) is 4.48. The van der Waals surface area contributed by atoms with E-state index < -0.39 is 0 Å². The van der Waals surface area contributed by atoms with Crippen LogP contribution in [0.25, 0.3) is 10.4 Å². The van der Waals surface area contributed by atoms with Crippen molar-refractivity contribution in [1.29, 1.82) is 0 Å². The minimum atomic E-state index is -0.117. The molecule has 0 bridgehead atoms. The number of hydrogen-bond acceptors (Lipinski definition) is 3. The Labute approximate surface area is 147 Å². The molecule has 1 aliphatic heterocycles. The summed E-state index contributed by atoms with van der Waals surface area (Å²) in [5.74, 6) is 0.0852. The Morgan fingerprint density at radius 3 is 2.92 bits per heavy atom. The molecule has 1 aromatic heterocycles. The Morgan fingerprint density at radius 2 is 2.21 bits per heavy atom. The van der Waals surface area contributed by atoms with Crippen molar-refractivity contribution in [2.24, 2.45) is 5.41 Å². The highest BCUT2D eigenvalue weighted by atomic mass is 32.1. The minimum Gasteiger partial charge on any atom is -0.396 e. The summed E-state index contributed by atoms with van der Waals surface area (Å²) in [6.07, 6.45) is 3.99. The lowest BCUT2D eigenvalue weighted by atomic mass is 9.77. The zero-order valence-corrected chi connectivity index (χ0v) is 15.0. The number of thiophene rings is 1. The number of carbonyl (C=O) groups excluding carboxylic acids is 1. The lowest BCUT2D eigenvalue weighted by molar-refractivity contribution is 0.0222. The van der Waals surface area contributed by atoms with Crippen molar-refractivity contribution in [3.63, 3.8) is 0 Å². The maximum atomic E-state index is 13.0. The Balaban J connectivity index is 1.80. The van der Waals surface area contributed by atoms with E-state index in [1.165, 1.54) is 4.88 Å². The van der Waals surface area contributed by atoms with Crippen molar-refractivity contribution in [2.75, 3.05) is 19.7 Å². The molecule has 1 N–H and O–H groups in total. The maximum Gasteiger partial charge on any atom is 0.253 e. The molecular weight excluding hydrogens is 318 g/mol. The summed E-state index contributed by atoms with van der Waals surface area (Å²) >= 11 is 1.68. The molecule has 3 rings (SSSR count). The molecule has 1 unspecified atom stereocenters. The smallest absolute Gasteiger partial charge is 0.253 e. The van der Waals surface area contributed by atoms with Gasteiger partial charge in [0.1, 0.15) is 0 Å². The van der Waals surface area contributed by atoms with E-state index in [0.29, 0.717) is 6.54 Å². The Hall–Kier alpha value is -1.65. The highest BCUT2D eigenvalue weighted by molar-refractivity contribution is 7.13. The molecule has 1 fully saturated rings. The average Bonchev–Trinajstić information content (AvgIpc) is 3.16. The average molecular weight is 343 g/mol. The van der Waals surface area contributed by atoms with Crippen LogP contribution >= 0.6 is 11.3 Å². The van der Waals surface area contributed by atoms with Crippen LogP contribution in [0.3, 0.4) is 0 Å². The van der Waals surface area contributed by atoms with Gasteiger partial charge in [0.05, 0.1) is 6.61 Å². The van der Waals surface area contributed by atoms with Crippen LogP contribution in [0.4, 0.5) is 0 Å². The van der Waals surface area contributed by atoms with E-state index in [1.807, 2.05) is 35.2 Å². The Bertz CT molecular complexity index is 679. The van der Waals surface area contributed by atoms with Crippen LogP contribution in [-0.2, 0) is 0 Å². The van der Waals surface area contributed by atoms with Gasteiger partial charge in [-0.15, -0.1) is 11.3 Å². The van der Waals surface area contributed by atoms with Gasteiger partial charge in [-0.1, -0.05) is 31.5 Å². The number of piperidine rings is 1. The first-order valence-corrected chi connectivity index (χ1v) is 9.59. The summed E-state index contributed by atoms with van der Waals surface area (Å²) in [6.45, 7) is 3.76. The number of carbonyl (C=O) groups is 1. The second-order valence-corrected chi connectivity index (χ2v) is 7.74. The van der Waals surface area contributed by atoms with Crippen molar-refractivity contribution < 1.29 is 9.90 Å². The van der Waals surface area contributed by atoms with Crippen molar-refractivity contribution >= 4 is 17.2 Å². The summed E-state index contributed by atoms with van der Waals surface area (Å²) < 4.78 is 0. The molecule has 0 saturated carbocycles. The number of amides is 1. The fourth-order valence-electron chi connectivity index (χ4n) is 3.75. The molecule has 3 nitrogen and oxygen atoms in total. The van der Waals surface area contributed by atoms with E-state index in [-0.39, 0.29) is 17.9 Å². The van der Waals surface area contributed by atoms with Crippen LogP contribution in [0.5, 0.6) is 0 Å². The first kappa shape index (κ1) is 17.2. The number of aliphatic hydroxyl groups excluding tert-OH is 1. The molecule has 0 aliphatic carbocycles. The topological polar surface area (TPSA) is 40.5 Å². The molecule has 2 aromatic rings. The van der Waals surface area contributed by atoms with Gasteiger partial charge in [0.15, 0.2) is 0 Å². The predicted octanol–water partition coefficient (Wildman–Crippen LogP) is 4.43. The van der Waals surface area contributed by atoms with Crippen LogP contribution < -0.4 is 0 Å². The Kier molecular flexibility index (Phi) is 5.36. The van der Waals surface area contributed by atoms with Crippen molar-refractivity contribution in [2.45, 2.75) is 32.6 Å². The third-order valence-electron chi connectivity index (χ3n) is 4.98. The van der Waals surface area contributed by atoms with E-state index in [1.54, 1.807) is 11.3 Å². The molecule has 0 spiro atoms. The zero-order valence-electron chi connectivity index (χ0n) is 14.2. The Morgan fingerprint density at radius 1 is 1.33 bits per heavy atom. The number of hydrogen-bond donors (Lipinski definition) is 1.